The lowest BCUT2D eigenvalue weighted by Crippen LogP contribution is -2.36. The number of nitrogens with one attached hydrogen (secondary N) is 1. The fourth-order valence-corrected chi connectivity index (χ4v) is 3.78. The van der Waals surface area contributed by atoms with Gasteiger partial charge in [0, 0.05) is 42.0 Å². The number of nitrogens with zero attached hydrogens (tertiary/aromatic N) is 3. The summed E-state index contributed by atoms with van der Waals surface area (Å²) in [6.45, 7) is 7.97. The van der Waals surface area contributed by atoms with Gasteiger partial charge in [0.15, 0.2) is 17.5 Å². The Morgan fingerprint density at radius 3 is 2.63 bits per heavy atom. The topological polar surface area (TPSA) is 57.1 Å². The van der Waals surface area contributed by atoms with E-state index in [0.29, 0.717) is 28.9 Å². The number of allylic oxidation sites excluding steroid dienone is 1. The van der Waals surface area contributed by atoms with E-state index in [9.17, 15) is 4.79 Å². The zero-order chi connectivity index (χ0) is 21.1. The maximum atomic E-state index is 11.8. The van der Waals surface area contributed by atoms with Crippen LogP contribution in [0.4, 0.5) is 0 Å². The lowest BCUT2D eigenvalue weighted by atomic mass is 10.00. The minimum atomic E-state index is -0.0158. The summed E-state index contributed by atoms with van der Waals surface area (Å²) in [6.07, 6.45) is 2.62. The van der Waals surface area contributed by atoms with E-state index in [4.69, 9.17) is 11.6 Å². The molecule has 2 heterocycles. The van der Waals surface area contributed by atoms with Gasteiger partial charge in [-0.25, -0.2) is 9.98 Å². The van der Waals surface area contributed by atoms with Crippen LogP contribution in [0.3, 0.4) is 0 Å². The Balaban J connectivity index is 1.49. The van der Waals surface area contributed by atoms with Crippen molar-refractivity contribution in [3.05, 3.63) is 94.3 Å². The zero-order valence-electron chi connectivity index (χ0n) is 16.9. The molecule has 0 saturated carbocycles. The second-order valence-electron chi connectivity index (χ2n) is 7.48. The molecule has 6 heteroatoms. The van der Waals surface area contributed by atoms with Gasteiger partial charge in [-0.2, -0.15) is 0 Å². The number of carbonyl (C=O) groups excluding carboxylic acids is 1. The molecule has 152 valence electrons. The third kappa shape index (κ3) is 4.75. The molecule has 0 radical (unpaired) electrons. The number of carbonyl (C=O) groups is 1. The molecule has 0 spiro atoms. The molecule has 0 saturated heterocycles. The lowest BCUT2D eigenvalue weighted by molar-refractivity contribution is -0.112. The van der Waals surface area contributed by atoms with Crippen molar-refractivity contribution in [3.8, 4) is 0 Å². The molecular formula is C24H23ClN4O. The van der Waals surface area contributed by atoms with Gasteiger partial charge in [-0.3, -0.25) is 9.69 Å². The second kappa shape index (κ2) is 8.78. The highest BCUT2D eigenvalue weighted by Crippen LogP contribution is 2.20. The fourth-order valence-electron chi connectivity index (χ4n) is 3.65. The predicted molar refractivity (Wildman–Crippen MR) is 122 cm³/mol. The van der Waals surface area contributed by atoms with Crippen molar-refractivity contribution in [2.24, 2.45) is 9.98 Å². The number of hydrogen-bond donors (Lipinski definition) is 1. The molecule has 1 N–H and O–H groups in total. The Hall–Kier alpha value is -3.02. The minimum Gasteiger partial charge on any atom is -0.341 e. The van der Waals surface area contributed by atoms with Gasteiger partial charge in [0.1, 0.15) is 5.70 Å². The number of amidine groups is 2. The highest BCUT2D eigenvalue weighted by atomic mass is 35.5. The molecule has 0 amide bonds. The average Bonchev–Trinajstić information content (AvgIpc) is 3.08. The molecule has 0 fully saturated rings. The number of benzene rings is 2. The number of aliphatic imine (C=N–C) groups is 2. The van der Waals surface area contributed by atoms with Crippen molar-refractivity contribution in [3.63, 3.8) is 0 Å². The fraction of sp³-hybridized carbons (Fsp3) is 0.208. The summed E-state index contributed by atoms with van der Waals surface area (Å²) in [6, 6.07) is 15.9. The summed E-state index contributed by atoms with van der Waals surface area (Å²) in [5, 5.41) is 3.95. The predicted octanol–water partition coefficient (Wildman–Crippen LogP) is 4.13. The van der Waals surface area contributed by atoms with Gasteiger partial charge >= 0.3 is 0 Å². The van der Waals surface area contributed by atoms with Crippen molar-refractivity contribution in [1.82, 2.24) is 10.2 Å². The summed E-state index contributed by atoms with van der Waals surface area (Å²) in [5.74, 6) is 1.12. The number of halogens is 1. The highest BCUT2D eigenvalue weighted by Gasteiger charge is 2.20. The average molecular weight is 419 g/mol. The monoisotopic (exact) mass is 418 g/mol. The van der Waals surface area contributed by atoms with E-state index in [1.165, 1.54) is 11.1 Å². The Morgan fingerprint density at radius 1 is 1.17 bits per heavy atom. The largest absolute Gasteiger partial charge is 0.341 e. The first-order chi connectivity index (χ1) is 14.5. The summed E-state index contributed by atoms with van der Waals surface area (Å²) in [5.41, 5.74) is 4.92. The van der Waals surface area contributed by atoms with E-state index < -0.39 is 0 Å². The molecule has 2 aliphatic rings. The van der Waals surface area contributed by atoms with Gasteiger partial charge in [0.05, 0.1) is 0 Å². The van der Waals surface area contributed by atoms with Crippen LogP contribution in [-0.2, 0) is 17.8 Å². The van der Waals surface area contributed by atoms with Crippen molar-refractivity contribution in [1.29, 1.82) is 0 Å². The molecule has 0 aromatic heterocycles. The van der Waals surface area contributed by atoms with Crippen LogP contribution in [0.1, 0.15) is 23.6 Å². The Kier molecular flexibility index (Phi) is 5.93. The molecular weight excluding hydrogens is 396 g/mol. The Bertz CT molecular complexity index is 1080. The van der Waals surface area contributed by atoms with E-state index in [1.807, 2.05) is 12.1 Å². The van der Waals surface area contributed by atoms with Crippen LogP contribution in [0.2, 0.25) is 5.02 Å². The van der Waals surface area contributed by atoms with E-state index in [0.717, 1.165) is 30.8 Å². The van der Waals surface area contributed by atoms with Crippen LogP contribution < -0.4 is 5.32 Å². The van der Waals surface area contributed by atoms with Gasteiger partial charge in [-0.1, -0.05) is 42.4 Å². The molecule has 2 aromatic rings. The van der Waals surface area contributed by atoms with Crippen molar-refractivity contribution < 1.29 is 4.79 Å². The first-order valence-corrected chi connectivity index (χ1v) is 10.3. The summed E-state index contributed by atoms with van der Waals surface area (Å²) in [7, 11) is 0. The maximum absolute atomic E-state index is 11.8. The molecule has 2 aromatic carbocycles. The van der Waals surface area contributed by atoms with E-state index in [1.54, 1.807) is 25.1 Å². The maximum Gasteiger partial charge on any atom is 0.162 e. The van der Waals surface area contributed by atoms with E-state index >= 15 is 0 Å². The van der Waals surface area contributed by atoms with Gasteiger partial charge in [0.2, 0.25) is 0 Å². The van der Waals surface area contributed by atoms with Crippen LogP contribution in [0.25, 0.3) is 0 Å². The molecule has 0 atom stereocenters. The normalized spacial score (nSPS) is 16.7. The highest BCUT2D eigenvalue weighted by molar-refractivity contribution is 6.30. The second-order valence-corrected chi connectivity index (χ2v) is 7.92. The lowest BCUT2D eigenvalue weighted by Gasteiger charge is -2.29. The zero-order valence-corrected chi connectivity index (χ0v) is 17.6. The number of hydrogen-bond acceptors (Lipinski definition) is 5. The quantitative estimate of drug-likeness (QED) is 0.742. The van der Waals surface area contributed by atoms with Crippen LogP contribution >= 0.6 is 11.6 Å². The SMILES string of the molecule is C=C1N=C(c2ccc(Cl)cc2)N=C1N/C(=C\C(C)=O)CN1CCc2ccccc2C1. The van der Waals surface area contributed by atoms with Crippen molar-refractivity contribution >= 4 is 29.1 Å². The Morgan fingerprint density at radius 2 is 1.90 bits per heavy atom. The summed E-state index contributed by atoms with van der Waals surface area (Å²) < 4.78 is 0. The summed E-state index contributed by atoms with van der Waals surface area (Å²) in [4.78, 5) is 23.2. The van der Waals surface area contributed by atoms with Crippen LogP contribution in [-0.4, -0.2) is 35.4 Å². The number of fused-ring (bicyclic) bond motifs is 1. The van der Waals surface area contributed by atoms with Gasteiger partial charge < -0.3 is 5.32 Å². The van der Waals surface area contributed by atoms with E-state index in [2.05, 4.69) is 51.0 Å². The van der Waals surface area contributed by atoms with Crippen LogP contribution in [0.5, 0.6) is 0 Å². The molecule has 0 bridgehead atoms. The van der Waals surface area contributed by atoms with Gasteiger partial charge in [-0.05, 0) is 48.7 Å². The van der Waals surface area contributed by atoms with E-state index in [-0.39, 0.29) is 5.78 Å². The molecule has 30 heavy (non-hydrogen) atoms. The third-order valence-corrected chi connectivity index (χ3v) is 5.35. The summed E-state index contributed by atoms with van der Waals surface area (Å²) >= 11 is 5.97. The van der Waals surface area contributed by atoms with Gasteiger partial charge in [-0.15, -0.1) is 0 Å². The minimum absolute atomic E-state index is 0.0158. The number of rotatable bonds is 5. The molecule has 0 unspecified atom stereocenters. The van der Waals surface area contributed by atoms with Crippen LogP contribution in [0, 0.1) is 0 Å². The third-order valence-electron chi connectivity index (χ3n) is 5.09. The van der Waals surface area contributed by atoms with Gasteiger partial charge in [0.25, 0.3) is 0 Å². The molecule has 4 rings (SSSR count). The first kappa shape index (κ1) is 20.3. The molecule has 0 aliphatic carbocycles. The van der Waals surface area contributed by atoms with Crippen molar-refractivity contribution in [2.75, 3.05) is 13.1 Å². The standard InChI is InChI=1S/C24H23ClN4O/c1-16(30)13-22(15-29-12-11-18-5-3-4-6-20(18)14-29)27-23-17(2)26-24(28-23)19-7-9-21(25)10-8-19/h3-10,13H,2,11-12,14-15H2,1H3,(H,26,27,28)/b22-13-. The molecule has 5 nitrogen and oxygen atoms in total. The number of ketones is 1. The smallest absolute Gasteiger partial charge is 0.162 e. The molecule has 2 aliphatic heterocycles. The first-order valence-electron chi connectivity index (χ1n) is 9.88. The van der Waals surface area contributed by atoms with Crippen molar-refractivity contribution in [2.45, 2.75) is 19.9 Å². The Labute approximate surface area is 181 Å². The van der Waals surface area contributed by atoms with Crippen LogP contribution in [0.15, 0.2) is 82.6 Å².